The summed E-state index contributed by atoms with van der Waals surface area (Å²) in [5, 5.41) is 0. The molecule has 0 radical (unpaired) electrons. The molecule has 0 unspecified atom stereocenters. The van der Waals surface area contributed by atoms with Crippen LogP contribution in [0.4, 0.5) is 0 Å². The lowest BCUT2D eigenvalue weighted by Crippen LogP contribution is -2.19. The van der Waals surface area contributed by atoms with E-state index in [4.69, 9.17) is 9.47 Å². The van der Waals surface area contributed by atoms with Crippen LogP contribution >= 0.6 is 0 Å². The van der Waals surface area contributed by atoms with Crippen LogP contribution in [0.25, 0.3) is 0 Å². The average Bonchev–Trinajstić information content (AvgIpc) is 2.17. The quantitative estimate of drug-likeness (QED) is 0.736. The van der Waals surface area contributed by atoms with Crippen molar-refractivity contribution in [1.29, 1.82) is 0 Å². The summed E-state index contributed by atoms with van der Waals surface area (Å²) in [7, 11) is 3.41. The van der Waals surface area contributed by atoms with E-state index in [1.54, 1.807) is 14.2 Å². The van der Waals surface area contributed by atoms with Gasteiger partial charge in [-0.05, 0) is 44.0 Å². The number of hydrogen-bond donors (Lipinski definition) is 0. The maximum atomic E-state index is 5.41. The SMILES string of the molecule is COc1ccc(C(C)(C)OC)cc1C. The zero-order chi connectivity index (χ0) is 10.8. The molecule has 0 bridgehead atoms. The predicted octanol–water partition coefficient (Wildman–Crippen LogP) is 2.89. The van der Waals surface area contributed by atoms with Crippen LogP contribution in [0.2, 0.25) is 0 Å². The van der Waals surface area contributed by atoms with Crippen LogP contribution in [-0.4, -0.2) is 14.2 Å². The first-order chi connectivity index (χ1) is 6.51. The molecule has 14 heavy (non-hydrogen) atoms. The summed E-state index contributed by atoms with van der Waals surface area (Å²) < 4.78 is 10.6. The predicted molar refractivity (Wildman–Crippen MR) is 57.8 cm³/mol. The summed E-state index contributed by atoms with van der Waals surface area (Å²) in [6.07, 6.45) is 0. The van der Waals surface area contributed by atoms with E-state index in [2.05, 4.69) is 6.07 Å². The molecule has 78 valence electrons. The number of benzene rings is 1. The number of ether oxygens (including phenoxy) is 2. The van der Waals surface area contributed by atoms with Crippen LogP contribution < -0.4 is 4.74 Å². The van der Waals surface area contributed by atoms with Gasteiger partial charge in [-0.15, -0.1) is 0 Å². The maximum absolute atomic E-state index is 5.41. The van der Waals surface area contributed by atoms with Crippen molar-refractivity contribution in [1.82, 2.24) is 0 Å². The maximum Gasteiger partial charge on any atom is 0.121 e. The Morgan fingerprint density at radius 3 is 2.21 bits per heavy atom. The molecule has 0 N–H and O–H groups in total. The van der Waals surface area contributed by atoms with Crippen molar-refractivity contribution in [2.24, 2.45) is 0 Å². The molecule has 2 nitrogen and oxygen atoms in total. The molecule has 0 aromatic heterocycles. The fraction of sp³-hybridized carbons (Fsp3) is 0.500. The Morgan fingerprint density at radius 1 is 1.14 bits per heavy atom. The topological polar surface area (TPSA) is 18.5 Å². The highest BCUT2D eigenvalue weighted by molar-refractivity contribution is 5.38. The van der Waals surface area contributed by atoms with Gasteiger partial charge in [0.25, 0.3) is 0 Å². The molecule has 0 aliphatic rings. The van der Waals surface area contributed by atoms with E-state index >= 15 is 0 Å². The summed E-state index contributed by atoms with van der Waals surface area (Å²) >= 11 is 0. The summed E-state index contributed by atoms with van der Waals surface area (Å²) in [6, 6.07) is 6.11. The van der Waals surface area contributed by atoms with Crippen LogP contribution in [0.3, 0.4) is 0 Å². The molecule has 0 fully saturated rings. The molecule has 0 spiro atoms. The van der Waals surface area contributed by atoms with Gasteiger partial charge in [-0.25, -0.2) is 0 Å². The third-order valence-corrected chi connectivity index (χ3v) is 2.60. The molecule has 1 aromatic carbocycles. The molecule has 0 aliphatic heterocycles. The van der Waals surface area contributed by atoms with Crippen molar-refractivity contribution < 1.29 is 9.47 Å². The zero-order valence-corrected chi connectivity index (χ0v) is 9.55. The van der Waals surface area contributed by atoms with Gasteiger partial charge in [-0.3, -0.25) is 0 Å². The van der Waals surface area contributed by atoms with Crippen LogP contribution in [0, 0.1) is 6.92 Å². The molecule has 0 atom stereocenters. The van der Waals surface area contributed by atoms with Crippen LogP contribution in [0.1, 0.15) is 25.0 Å². The summed E-state index contributed by atoms with van der Waals surface area (Å²) in [6.45, 7) is 6.14. The zero-order valence-electron chi connectivity index (χ0n) is 9.55. The number of rotatable bonds is 3. The first-order valence-corrected chi connectivity index (χ1v) is 4.71. The smallest absolute Gasteiger partial charge is 0.121 e. The highest BCUT2D eigenvalue weighted by Crippen LogP contribution is 2.28. The second-order valence-corrected chi connectivity index (χ2v) is 3.90. The number of methoxy groups -OCH3 is 2. The van der Waals surface area contributed by atoms with Crippen molar-refractivity contribution in [3.63, 3.8) is 0 Å². The van der Waals surface area contributed by atoms with E-state index in [-0.39, 0.29) is 5.60 Å². The first kappa shape index (κ1) is 11.1. The third kappa shape index (κ3) is 2.07. The van der Waals surface area contributed by atoms with Crippen LogP contribution in [-0.2, 0) is 10.3 Å². The third-order valence-electron chi connectivity index (χ3n) is 2.60. The van der Waals surface area contributed by atoms with Gasteiger partial charge < -0.3 is 9.47 Å². The van der Waals surface area contributed by atoms with Crippen molar-refractivity contribution in [3.8, 4) is 5.75 Å². The summed E-state index contributed by atoms with van der Waals surface area (Å²) in [4.78, 5) is 0. The molecule has 1 rings (SSSR count). The number of hydrogen-bond acceptors (Lipinski definition) is 2. The fourth-order valence-corrected chi connectivity index (χ4v) is 1.37. The minimum Gasteiger partial charge on any atom is -0.496 e. The van der Waals surface area contributed by atoms with Gasteiger partial charge in [-0.2, -0.15) is 0 Å². The molecular formula is C12H18O2. The van der Waals surface area contributed by atoms with Crippen molar-refractivity contribution in [2.75, 3.05) is 14.2 Å². The molecule has 0 amide bonds. The summed E-state index contributed by atoms with van der Waals surface area (Å²) in [5.74, 6) is 0.917. The Hall–Kier alpha value is -1.02. The molecule has 0 saturated heterocycles. The van der Waals surface area contributed by atoms with Crippen molar-refractivity contribution in [2.45, 2.75) is 26.4 Å². The molecule has 0 heterocycles. The Bertz CT molecular complexity index is 316. The minimum atomic E-state index is -0.239. The Balaban J connectivity index is 3.08. The van der Waals surface area contributed by atoms with Crippen LogP contribution in [0.15, 0.2) is 18.2 Å². The molecule has 0 aliphatic carbocycles. The van der Waals surface area contributed by atoms with Crippen molar-refractivity contribution >= 4 is 0 Å². The van der Waals surface area contributed by atoms with E-state index < -0.39 is 0 Å². The Kier molecular flexibility index (Phi) is 3.17. The minimum absolute atomic E-state index is 0.239. The Morgan fingerprint density at radius 2 is 1.79 bits per heavy atom. The van der Waals surface area contributed by atoms with Gasteiger partial charge >= 0.3 is 0 Å². The molecule has 0 saturated carbocycles. The van der Waals surface area contributed by atoms with Gasteiger partial charge in [0.2, 0.25) is 0 Å². The van der Waals surface area contributed by atoms with Crippen molar-refractivity contribution in [3.05, 3.63) is 29.3 Å². The first-order valence-electron chi connectivity index (χ1n) is 4.71. The van der Waals surface area contributed by atoms with E-state index in [0.29, 0.717) is 0 Å². The van der Waals surface area contributed by atoms with Gasteiger partial charge in [0.15, 0.2) is 0 Å². The fourth-order valence-electron chi connectivity index (χ4n) is 1.37. The molecule has 2 heteroatoms. The lowest BCUT2D eigenvalue weighted by molar-refractivity contribution is 0.0191. The van der Waals surface area contributed by atoms with Gasteiger partial charge in [-0.1, -0.05) is 6.07 Å². The lowest BCUT2D eigenvalue weighted by atomic mass is 9.96. The lowest BCUT2D eigenvalue weighted by Gasteiger charge is -2.24. The standard InChI is InChI=1S/C12H18O2/c1-9-8-10(12(2,3)14-5)6-7-11(9)13-4/h6-8H,1-5H3. The number of aryl methyl sites for hydroxylation is 1. The molecule has 1 aromatic rings. The van der Waals surface area contributed by atoms with E-state index in [9.17, 15) is 0 Å². The van der Waals surface area contributed by atoms with E-state index in [0.717, 1.165) is 11.3 Å². The van der Waals surface area contributed by atoms with E-state index in [1.807, 2.05) is 32.9 Å². The normalized spacial score (nSPS) is 11.5. The second kappa shape index (κ2) is 4.01. The summed E-state index contributed by atoms with van der Waals surface area (Å²) in [5.41, 5.74) is 2.06. The van der Waals surface area contributed by atoms with Crippen LogP contribution in [0.5, 0.6) is 5.75 Å². The highest BCUT2D eigenvalue weighted by atomic mass is 16.5. The Labute approximate surface area is 85.8 Å². The van der Waals surface area contributed by atoms with Gasteiger partial charge in [0.05, 0.1) is 12.7 Å². The highest BCUT2D eigenvalue weighted by Gasteiger charge is 2.19. The second-order valence-electron chi connectivity index (χ2n) is 3.90. The largest absolute Gasteiger partial charge is 0.496 e. The van der Waals surface area contributed by atoms with Gasteiger partial charge in [0, 0.05) is 7.11 Å². The molecular weight excluding hydrogens is 176 g/mol. The van der Waals surface area contributed by atoms with Gasteiger partial charge in [0.1, 0.15) is 5.75 Å². The van der Waals surface area contributed by atoms with E-state index in [1.165, 1.54) is 5.56 Å². The average molecular weight is 194 g/mol. The monoisotopic (exact) mass is 194 g/mol.